The molecule has 0 unspecified atom stereocenters. The number of halogens is 1. The maximum Gasteiger partial charge on any atom is 0.293 e. The largest absolute Gasteiger partial charge is 0.316 e. The van der Waals surface area contributed by atoms with Crippen molar-refractivity contribution >= 4 is 44.0 Å². The van der Waals surface area contributed by atoms with Crippen molar-refractivity contribution in [3.63, 3.8) is 0 Å². The Morgan fingerprint density at radius 2 is 1.79 bits per heavy atom. The first kappa shape index (κ1) is 16.1. The maximum atomic E-state index is 12.7. The van der Waals surface area contributed by atoms with Crippen LogP contribution in [0.2, 0.25) is 0 Å². The van der Waals surface area contributed by atoms with Gasteiger partial charge in [0.15, 0.2) is 0 Å². The number of amides is 1. The number of nitro benzene ring substituents is 1. The first-order valence-corrected chi connectivity index (χ1v) is 8.00. The van der Waals surface area contributed by atoms with Crippen LogP contribution in [0.25, 0.3) is 10.8 Å². The average molecular weight is 385 g/mol. The van der Waals surface area contributed by atoms with E-state index < -0.39 is 4.92 Å². The van der Waals surface area contributed by atoms with E-state index in [1.807, 2.05) is 24.3 Å². The number of aryl methyl sites for hydroxylation is 1. The second-order valence-corrected chi connectivity index (χ2v) is 6.23. The summed E-state index contributed by atoms with van der Waals surface area (Å²) in [5.41, 5.74) is 1.28. The quantitative estimate of drug-likeness (QED) is 0.505. The van der Waals surface area contributed by atoms with E-state index in [0.29, 0.717) is 5.56 Å². The summed E-state index contributed by atoms with van der Waals surface area (Å²) in [5, 5.41) is 15.5. The van der Waals surface area contributed by atoms with Crippen LogP contribution in [0.5, 0.6) is 0 Å². The summed E-state index contributed by atoms with van der Waals surface area (Å²) >= 11 is 3.46. The number of nitrogens with one attached hydrogen (secondary N) is 1. The number of hydrogen-bond donors (Lipinski definition) is 1. The van der Waals surface area contributed by atoms with Gasteiger partial charge in [0.1, 0.15) is 5.69 Å². The number of nitro groups is 1. The lowest BCUT2D eigenvalue weighted by atomic mass is 10.0. The Kier molecular flexibility index (Phi) is 4.31. The smallest absolute Gasteiger partial charge is 0.293 e. The molecule has 0 heterocycles. The van der Waals surface area contributed by atoms with Gasteiger partial charge in [0.05, 0.1) is 4.92 Å². The SMILES string of the molecule is Cc1ccc(NC(=O)c2cccc3c(Br)cccc23)c([N+](=O)[O-])c1. The van der Waals surface area contributed by atoms with Gasteiger partial charge in [-0.2, -0.15) is 0 Å². The number of rotatable bonds is 3. The Balaban J connectivity index is 2.03. The predicted octanol–water partition coefficient (Wildman–Crippen LogP) is 5.07. The minimum absolute atomic E-state index is 0.121. The minimum atomic E-state index is -0.498. The molecule has 5 nitrogen and oxygen atoms in total. The summed E-state index contributed by atoms with van der Waals surface area (Å²) < 4.78 is 0.885. The molecule has 0 aliphatic rings. The lowest BCUT2D eigenvalue weighted by molar-refractivity contribution is -0.384. The number of nitrogens with zero attached hydrogens (tertiary/aromatic N) is 1. The first-order chi connectivity index (χ1) is 11.5. The molecule has 3 rings (SSSR count). The molecule has 0 saturated heterocycles. The fourth-order valence-corrected chi connectivity index (χ4v) is 3.06. The summed E-state index contributed by atoms with van der Waals surface area (Å²) in [4.78, 5) is 23.3. The fourth-order valence-electron chi connectivity index (χ4n) is 2.56. The van der Waals surface area contributed by atoms with E-state index in [1.54, 1.807) is 31.2 Å². The van der Waals surface area contributed by atoms with Gasteiger partial charge < -0.3 is 5.32 Å². The van der Waals surface area contributed by atoms with Gasteiger partial charge in [0.25, 0.3) is 11.6 Å². The zero-order chi connectivity index (χ0) is 17.3. The summed E-state index contributed by atoms with van der Waals surface area (Å²) in [5.74, 6) is -0.384. The van der Waals surface area contributed by atoms with E-state index in [0.717, 1.165) is 20.8 Å². The Labute approximate surface area is 146 Å². The van der Waals surface area contributed by atoms with Crippen molar-refractivity contribution in [2.45, 2.75) is 6.92 Å². The van der Waals surface area contributed by atoms with Crippen LogP contribution in [0, 0.1) is 17.0 Å². The van der Waals surface area contributed by atoms with Crippen LogP contribution in [0.15, 0.2) is 59.1 Å². The van der Waals surface area contributed by atoms with Gasteiger partial charge in [-0.3, -0.25) is 14.9 Å². The molecule has 6 heteroatoms. The van der Waals surface area contributed by atoms with E-state index in [2.05, 4.69) is 21.2 Å². The molecule has 0 atom stereocenters. The zero-order valence-corrected chi connectivity index (χ0v) is 14.3. The third-order valence-electron chi connectivity index (χ3n) is 3.71. The van der Waals surface area contributed by atoms with Gasteiger partial charge in [0.2, 0.25) is 0 Å². The number of anilines is 1. The van der Waals surface area contributed by atoms with Crippen LogP contribution in [0.4, 0.5) is 11.4 Å². The molecular weight excluding hydrogens is 372 g/mol. The highest BCUT2D eigenvalue weighted by molar-refractivity contribution is 9.10. The van der Waals surface area contributed by atoms with Crippen LogP contribution < -0.4 is 5.32 Å². The van der Waals surface area contributed by atoms with Crippen LogP contribution in [-0.2, 0) is 0 Å². The molecule has 0 aromatic heterocycles. The van der Waals surface area contributed by atoms with E-state index in [-0.39, 0.29) is 17.3 Å². The highest BCUT2D eigenvalue weighted by Crippen LogP contribution is 2.29. The summed E-state index contributed by atoms with van der Waals surface area (Å²) in [6, 6.07) is 15.7. The Hall–Kier alpha value is -2.73. The fraction of sp³-hybridized carbons (Fsp3) is 0.0556. The molecule has 0 aliphatic heterocycles. The van der Waals surface area contributed by atoms with E-state index in [9.17, 15) is 14.9 Å². The van der Waals surface area contributed by atoms with Crippen LogP contribution >= 0.6 is 15.9 Å². The second-order valence-electron chi connectivity index (χ2n) is 5.37. The van der Waals surface area contributed by atoms with E-state index >= 15 is 0 Å². The normalized spacial score (nSPS) is 10.6. The third-order valence-corrected chi connectivity index (χ3v) is 4.40. The van der Waals surface area contributed by atoms with Gasteiger partial charge in [0, 0.05) is 16.1 Å². The van der Waals surface area contributed by atoms with Crippen molar-refractivity contribution in [1.82, 2.24) is 0 Å². The monoisotopic (exact) mass is 384 g/mol. The summed E-state index contributed by atoms with van der Waals surface area (Å²) in [6.07, 6.45) is 0. The second kappa shape index (κ2) is 6.41. The highest BCUT2D eigenvalue weighted by atomic mass is 79.9. The lowest BCUT2D eigenvalue weighted by Gasteiger charge is -2.10. The molecule has 3 aromatic rings. The molecule has 0 aliphatic carbocycles. The molecule has 0 radical (unpaired) electrons. The van der Waals surface area contributed by atoms with Crippen molar-refractivity contribution in [1.29, 1.82) is 0 Å². The van der Waals surface area contributed by atoms with Crippen LogP contribution in [0.1, 0.15) is 15.9 Å². The number of fused-ring (bicyclic) bond motifs is 1. The Morgan fingerprint density at radius 1 is 1.08 bits per heavy atom. The molecule has 0 saturated carbocycles. The predicted molar refractivity (Wildman–Crippen MR) is 97.4 cm³/mol. The molecule has 1 amide bonds. The average Bonchev–Trinajstić information content (AvgIpc) is 2.56. The minimum Gasteiger partial charge on any atom is -0.316 e. The van der Waals surface area contributed by atoms with Crippen LogP contribution in [-0.4, -0.2) is 10.8 Å². The third kappa shape index (κ3) is 3.00. The van der Waals surface area contributed by atoms with Gasteiger partial charge >= 0.3 is 0 Å². The summed E-state index contributed by atoms with van der Waals surface area (Å²) in [7, 11) is 0. The molecule has 0 bridgehead atoms. The lowest BCUT2D eigenvalue weighted by Crippen LogP contribution is -2.13. The van der Waals surface area contributed by atoms with Crippen molar-refractivity contribution < 1.29 is 9.72 Å². The van der Waals surface area contributed by atoms with E-state index in [1.165, 1.54) is 6.07 Å². The molecule has 0 fully saturated rings. The number of carbonyl (C=O) groups excluding carboxylic acids is 1. The standard InChI is InChI=1S/C18H13BrN2O3/c1-11-8-9-16(17(10-11)21(23)24)20-18(22)14-6-2-5-13-12(14)4-3-7-15(13)19/h2-10H,1H3,(H,20,22). The Morgan fingerprint density at radius 3 is 2.54 bits per heavy atom. The highest BCUT2D eigenvalue weighted by Gasteiger charge is 2.18. The van der Waals surface area contributed by atoms with Crippen molar-refractivity contribution in [2.75, 3.05) is 5.32 Å². The summed E-state index contributed by atoms with van der Waals surface area (Å²) in [6.45, 7) is 1.76. The molecule has 120 valence electrons. The number of benzene rings is 3. The number of carbonyl (C=O) groups is 1. The molecular formula is C18H13BrN2O3. The molecule has 1 N–H and O–H groups in total. The van der Waals surface area contributed by atoms with Gasteiger partial charge in [-0.1, -0.05) is 46.3 Å². The van der Waals surface area contributed by atoms with Crippen LogP contribution in [0.3, 0.4) is 0 Å². The maximum absolute atomic E-state index is 12.7. The topological polar surface area (TPSA) is 72.2 Å². The molecule has 3 aromatic carbocycles. The van der Waals surface area contributed by atoms with Gasteiger partial charge in [-0.25, -0.2) is 0 Å². The molecule has 24 heavy (non-hydrogen) atoms. The first-order valence-electron chi connectivity index (χ1n) is 7.21. The molecule has 0 spiro atoms. The Bertz CT molecular complexity index is 970. The van der Waals surface area contributed by atoms with Gasteiger partial charge in [-0.05, 0) is 41.5 Å². The van der Waals surface area contributed by atoms with Crippen molar-refractivity contribution in [3.05, 3.63) is 80.3 Å². The van der Waals surface area contributed by atoms with Crippen molar-refractivity contribution in [2.24, 2.45) is 0 Å². The zero-order valence-electron chi connectivity index (χ0n) is 12.7. The van der Waals surface area contributed by atoms with E-state index in [4.69, 9.17) is 0 Å². The van der Waals surface area contributed by atoms with Crippen molar-refractivity contribution in [3.8, 4) is 0 Å². The van der Waals surface area contributed by atoms with Gasteiger partial charge in [-0.15, -0.1) is 0 Å². The number of hydrogen-bond acceptors (Lipinski definition) is 3.